The Morgan fingerprint density at radius 2 is 1.86 bits per heavy atom. The van der Waals surface area contributed by atoms with E-state index in [1.54, 1.807) is 0 Å². The molecule has 0 unspecified atom stereocenters. The van der Waals surface area contributed by atoms with Gasteiger partial charge in [0.15, 0.2) is 0 Å². The molecule has 3 N–H and O–H groups in total. The molecule has 150 valence electrons. The Hall–Kier alpha value is -3.29. The number of fused-ring (bicyclic) bond motifs is 1. The van der Waals surface area contributed by atoms with Gasteiger partial charge in [-0.2, -0.15) is 0 Å². The fourth-order valence-corrected chi connectivity index (χ4v) is 3.63. The van der Waals surface area contributed by atoms with Gasteiger partial charge in [-0.15, -0.1) is 0 Å². The molecule has 0 bridgehead atoms. The maximum absolute atomic E-state index is 14.3. The van der Waals surface area contributed by atoms with Crippen LogP contribution in [0.25, 0.3) is 22.2 Å². The summed E-state index contributed by atoms with van der Waals surface area (Å²) < 4.78 is 41.4. The standard InChI is InChI=1S/C21H18F3N3O2/c22-12-3-1-11(2-4-12)19-14(15-9-13(23)10-16(24)20(15)27-19)5-6-18(28)26-17-7-8-25-21(17)29/h1-4,9-10,17,27H,5-8H2,(H,25,29)(H,26,28)/t17-/m1/s1. The summed E-state index contributed by atoms with van der Waals surface area (Å²) in [6.45, 7) is 0.513. The fraction of sp³-hybridized carbons (Fsp3) is 0.238. The van der Waals surface area contributed by atoms with E-state index in [0.29, 0.717) is 35.2 Å². The third kappa shape index (κ3) is 3.83. The topological polar surface area (TPSA) is 74.0 Å². The summed E-state index contributed by atoms with van der Waals surface area (Å²) in [5, 5.41) is 5.64. The number of aromatic nitrogens is 1. The molecule has 29 heavy (non-hydrogen) atoms. The maximum Gasteiger partial charge on any atom is 0.242 e. The lowest BCUT2D eigenvalue weighted by Gasteiger charge is -2.10. The molecule has 2 amide bonds. The lowest BCUT2D eigenvalue weighted by atomic mass is 10.0. The molecule has 4 rings (SSSR count). The Kier molecular flexibility index (Phi) is 5.00. The van der Waals surface area contributed by atoms with E-state index >= 15 is 0 Å². The molecule has 0 saturated carbocycles. The number of hydrogen-bond acceptors (Lipinski definition) is 2. The Morgan fingerprint density at radius 1 is 1.10 bits per heavy atom. The van der Waals surface area contributed by atoms with Crippen molar-refractivity contribution >= 4 is 22.7 Å². The lowest BCUT2D eigenvalue weighted by Crippen LogP contribution is -2.40. The minimum atomic E-state index is -0.748. The molecule has 0 aliphatic carbocycles. The number of aromatic amines is 1. The Morgan fingerprint density at radius 3 is 2.55 bits per heavy atom. The van der Waals surface area contributed by atoms with Crippen LogP contribution in [0.5, 0.6) is 0 Å². The van der Waals surface area contributed by atoms with Crippen LogP contribution in [-0.2, 0) is 16.0 Å². The fourth-order valence-electron chi connectivity index (χ4n) is 3.63. The highest BCUT2D eigenvalue weighted by Gasteiger charge is 2.26. The van der Waals surface area contributed by atoms with E-state index < -0.39 is 23.5 Å². The van der Waals surface area contributed by atoms with Crippen molar-refractivity contribution in [1.82, 2.24) is 15.6 Å². The van der Waals surface area contributed by atoms with E-state index in [9.17, 15) is 22.8 Å². The van der Waals surface area contributed by atoms with Crippen LogP contribution in [-0.4, -0.2) is 29.4 Å². The van der Waals surface area contributed by atoms with Crippen molar-refractivity contribution in [2.45, 2.75) is 25.3 Å². The van der Waals surface area contributed by atoms with Crippen LogP contribution in [0.15, 0.2) is 36.4 Å². The summed E-state index contributed by atoms with van der Waals surface area (Å²) in [5.74, 6) is -2.45. The minimum Gasteiger partial charge on any atom is -0.354 e. The van der Waals surface area contributed by atoms with Crippen LogP contribution in [0, 0.1) is 17.5 Å². The molecule has 8 heteroatoms. The molecular formula is C21H18F3N3O2. The predicted molar refractivity (Wildman–Crippen MR) is 101 cm³/mol. The number of nitrogens with one attached hydrogen (secondary N) is 3. The molecule has 3 aromatic rings. The number of amides is 2. The largest absolute Gasteiger partial charge is 0.354 e. The van der Waals surface area contributed by atoms with Crippen molar-refractivity contribution in [3.05, 3.63) is 59.4 Å². The molecule has 1 saturated heterocycles. The second-order valence-corrected chi connectivity index (χ2v) is 7.00. The van der Waals surface area contributed by atoms with Crippen LogP contribution in [0.4, 0.5) is 13.2 Å². The van der Waals surface area contributed by atoms with Gasteiger partial charge in [0.1, 0.15) is 23.5 Å². The molecule has 0 radical (unpaired) electrons. The first kappa shape index (κ1) is 19.0. The number of H-pyrrole nitrogens is 1. The van der Waals surface area contributed by atoms with E-state index in [2.05, 4.69) is 15.6 Å². The summed E-state index contributed by atoms with van der Waals surface area (Å²) in [4.78, 5) is 26.9. The first-order chi connectivity index (χ1) is 13.9. The third-order valence-electron chi connectivity index (χ3n) is 5.05. The molecule has 1 aromatic heterocycles. The van der Waals surface area contributed by atoms with E-state index in [-0.39, 0.29) is 30.2 Å². The first-order valence-electron chi connectivity index (χ1n) is 9.25. The van der Waals surface area contributed by atoms with Crippen LogP contribution < -0.4 is 10.6 Å². The molecule has 5 nitrogen and oxygen atoms in total. The zero-order valence-electron chi connectivity index (χ0n) is 15.3. The zero-order chi connectivity index (χ0) is 20.5. The van der Waals surface area contributed by atoms with Gasteiger partial charge < -0.3 is 15.6 Å². The van der Waals surface area contributed by atoms with Crippen molar-refractivity contribution in [2.75, 3.05) is 6.54 Å². The number of carbonyl (C=O) groups excluding carboxylic acids is 2. The van der Waals surface area contributed by atoms with Gasteiger partial charge in [0.2, 0.25) is 11.8 Å². The first-order valence-corrected chi connectivity index (χ1v) is 9.25. The number of benzene rings is 2. The van der Waals surface area contributed by atoms with Gasteiger partial charge in [-0.1, -0.05) is 0 Å². The Labute approximate surface area is 164 Å². The van der Waals surface area contributed by atoms with Crippen molar-refractivity contribution in [3.8, 4) is 11.3 Å². The molecule has 2 heterocycles. The number of rotatable bonds is 5. The number of aryl methyl sites for hydroxylation is 1. The van der Waals surface area contributed by atoms with E-state index in [1.807, 2.05) is 0 Å². The smallest absolute Gasteiger partial charge is 0.242 e. The van der Waals surface area contributed by atoms with Gasteiger partial charge in [-0.25, -0.2) is 13.2 Å². The van der Waals surface area contributed by atoms with Crippen LogP contribution in [0.3, 0.4) is 0 Å². The van der Waals surface area contributed by atoms with E-state index in [0.717, 1.165) is 6.07 Å². The Bertz CT molecular complexity index is 1090. The van der Waals surface area contributed by atoms with Crippen molar-refractivity contribution in [2.24, 2.45) is 0 Å². The summed E-state index contributed by atoms with van der Waals surface area (Å²) in [6, 6.07) is 7.03. The second kappa shape index (κ2) is 7.62. The normalized spacial score (nSPS) is 16.2. The average Bonchev–Trinajstić information content (AvgIpc) is 3.24. The van der Waals surface area contributed by atoms with Crippen molar-refractivity contribution < 1.29 is 22.8 Å². The summed E-state index contributed by atoms with van der Waals surface area (Å²) in [6.07, 6.45) is 0.744. The molecule has 1 fully saturated rings. The zero-order valence-corrected chi connectivity index (χ0v) is 15.3. The predicted octanol–water partition coefficient (Wildman–Crippen LogP) is 3.19. The summed E-state index contributed by atoms with van der Waals surface area (Å²) in [7, 11) is 0. The molecular weight excluding hydrogens is 383 g/mol. The minimum absolute atomic E-state index is 0.0308. The third-order valence-corrected chi connectivity index (χ3v) is 5.05. The van der Waals surface area contributed by atoms with Gasteiger partial charge in [-0.3, -0.25) is 9.59 Å². The van der Waals surface area contributed by atoms with E-state index in [4.69, 9.17) is 0 Å². The average molecular weight is 401 g/mol. The van der Waals surface area contributed by atoms with Gasteiger partial charge in [0, 0.05) is 30.1 Å². The highest BCUT2D eigenvalue weighted by molar-refractivity contribution is 5.92. The highest BCUT2D eigenvalue weighted by atomic mass is 19.1. The van der Waals surface area contributed by atoms with Gasteiger partial charge >= 0.3 is 0 Å². The lowest BCUT2D eigenvalue weighted by molar-refractivity contribution is -0.127. The number of halogens is 3. The number of carbonyl (C=O) groups is 2. The monoisotopic (exact) mass is 401 g/mol. The van der Waals surface area contributed by atoms with Gasteiger partial charge in [0.05, 0.1) is 5.52 Å². The number of hydrogen-bond donors (Lipinski definition) is 3. The molecule has 1 aliphatic heterocycles. The quantitative estimate of drug-likeness (QED) is 0.614. The Balaban J connectivity index is 1.65. The summed E-state index contributed by atoms with van der Waals surface area (Å²) in [5.41, 5.74) is 1.76. The molecule has 0 spiro atoms. The van der Waals surface area contributed by atoms with Crippen LogP contribution in [0.1, 0.15) is 18.4 Å². The summed E-state index contributed by atoms with van der Waals surface area (Å²) >= 11 is 0. The molecule has 1 atom stereocenters. The van der Waals surface area contributed by atoms with Gasteiger partial charge in [0.25, 0.3) is 0 Å². The second-order valence-electron chi connectivity index (χ2n) is 7.00. The van der Waals surface area contributed by atoms with Crippen LogP contribution >= 0.6 is 0 Å². The van der Waals surface area contributed by atoms with Crippen molar-refractivity contribution in [1.29, 1.82) is 0 Å². The molecule has 2 aromatic carbocycles. The van der Waals surface area contributed by atoms with Gasteiger partial charge in [-0.05, 0) is 54.3 Å². The maximum atomic E-state index is 14.3. The van der Waals surface area contributed by atoms with E-state index in [1.165, 1.54) is 30.3 Å². The van der Waals surface area contributed by atoms with Crippen LogP contribution in [0.2, 0.25) is 0 Å². The SMILES string of the molecule is O=C(CCc1c(-c2ccc(F)cc2)[nH]c2c(F)cc(F)cc12)N[C@@H]1CCNC1=O. The van der Waals surface area contributed by atoms with Crippen molar-refractivity contribution in [3.63, 3.8) is 0 Å². The highest BCUT2D eigenvalue weighted by Crippen LogP contribution is 2.33. The molecule has 1 aliphatic rings.